The SMILES string of the molecule is COc1cc2c3c(c1OC)CCc1ccccc1C3CN(C)C2. The molecule has 0 saturated heterocycles. The molecule has 0 amide bonds. The lowest BCUT2D eigenvalue weighted by molar-refractivity contribution is 0.290. The van der Waals surface area contributed by atoms with Gasteiger partial charge < -0.3 is 14.4 Å². The van der Waals surface area contributed by atoms with Gasteiger partial charge in [-0.3, -0.25) is 0 Å². The van der Waals surface area contributed by atoms with Gasteiger partial charge in [-0.15, -0.1) is 0 Å². The standard InChI is InChI=1S/C20H23NO2/c1-21-11-14-10-18(22-2)20(23-3)16-9-8-13-6-4-5-7-15(13)17(12-21)19(14)16/h4-7,10,17H,8-9,11-12H2,1-3H3. The van der Waals surface area contributed by atoms with Crippen LogP contribution in [-0.2, 0) is 19.4 Å². The van der Waals surface area contributed by atoms with Gasteiger partial charge in [0, 0.05) is 24.6 Å². The summed E-state index contributed by atoms with van der Waals surface area (Å²) in [5.41, 5.74) is 7.15. The highest BCUT2D eigenvalue weighted by Gasteiger charge is 2.33. The van der Waals surface area contributed by atoms with Gasteiger partial charge in [0.05, 0.1) is 14.2 Å². The molecule has 3 heteroatoms. The number of nitrogens with zero attached hydrogens (tertiary/aromatic N) is 1. The van der Waals surface area contributed by atoms with E-state index < -0.39 is 0 Å². The molecule has 0 radical (unpaired) electrons. The number of fused-ring (bicyclic) bond motifs is 2. The van der Waals surface area contributed by atoms with Gasteiger partial charge in [0.1, 0.15) is 0 Å². The summed E-state index contributed by atoms with van der Waals surface area (Å²) in [5, 5.41) is 0. The summed E-state index contributed by atoms with van der Waals surface area (Å²) in [6.45, 7) is 2.04. The molecule has 2 aromatic carbocycles. The molecule has 120 valence electrons. The normalized spacial score (nSPS) is 19.5. The fourth-order valence-electron chi connectivity index (χ4n) is 4.33. The van der Waals surface area contributed by atoms with Gasteiger partial charge in [-0.1, -0.05) is 24.3 Å². The van der Waals surface area contributed by atoms with E-state index in [1.165, 1.54) is 27.8 Å². The van der Waals surface area contributed by atoms with E-state index >= 15 is 0 Å². The number of aryl methyl sites for hydroxylation is 1. The third-order valence-electron chi connectivity index (χ3n) is 5.26. The molecule has 2 aromatic rings. The van der Waals surface area contributed by atoms with Gasteiger partial charge in [0.15, 0.2) is 11.5 Å². The van der Waals surface area contributed by atoms with Gasteiger partial charge in [0.25, 0.3) is 0 Å². The van der Waals surface area contributed by atoms with E-state index in [1.54, 1.807) is 14.2 Å². The molecule has 0 saturated carbocycles. The zero-order chi connectivity index (χ0) is 16.0. The number of benzene rings is 2. The Labute approximate surface area is 137 Å². The first-order valence-corrected chi connectivity index (χ1v) is 8.26. The summed E-state index contributed by atoms with van der Waals surface area (Å²) in [4.78, 5) is 2.41. The van der Waals surface area contributed by atoms with E-state index in [2.05, 4.69) is 42.3 Å². The zero-order valence-corrected chi connectivity index (χ0v) is 14.1. The van der Waals surface area contributed by atoms with Gasteiger partial charge in [-0.25, -0.2) is 0 Å². The van der Waals surface area contributed by atoms with Crippen LogP contribution in [0, 0.1) is 0 Å². The van der Waals surface area contributed by atoms with Crippen LogP contribution < -0.4 is 9.47 Å². The second-order valence-corrected chi connectivity index (χ2v) is 6.61. The largest absolute Gasteiger partial charge is 0.493 e. The van der Waals surface area contributed by atoms with Crippen LogP contribution >= 0.6 is 0 Å². The maximum Gasteiger partial charge on any atom is 0.164 e. The summed E-state index contributed by atoms with van der Waals surface area (Å²) in [6.07, 6.45) is 2.08. The fourth-order valence-corrected chi connectivity index (χ4v) is 4.33. The van der Waals surface area contributed by atoms with E-state index in [0.717, 1.165) is 37.4 Å². The van der Waals surface area contributed by atoms with Gasteiger partial charge in [0.2, 0.25) is 0 Å². The molecule has 1 aliphatic heterocycles. The Morgan fingerprint density at radius 2 is 1.87 bits per heavy atom. The van der Waals surface area contributed by atoms with Crippen LogP contribution in [0.15, 0.2) is 30.3 Å². The average Bonchev–Trinajstić information content (AvgIpc) is 2.73. The smallest absolute Gasteiger partial charge is 0.164 e. The van der Waals surface area contributed by atoms with Crippen LogP contribution in [0.3, 0.4) is 0 Å². The van der Waals surface area contributed by atoms with E-state index in [1.807, 2.05) is 0 Å². The predicted octanol–water partition coefficient (Wildman–Crippen LogP) is 3.38. The molecule has 0 fully saturated rings. The minimum Gasteiger partial charge on any atom is -0.493 e. The van der Waals surface area contributed by atoms with Crippen molar-refractivity contribution in [3.63, 3.8) is 0 Å². The van der Waals surface area contributed by atoms with Crippen molar-refractivity contribution in [2.24, 2.45) is 0 Å². The lowest BCUT2D eigenvalue weighted by Gasteiger charge is -2.34. The highest BCUT2D eigenvalue weighted by molar-refractivity contribution is 5.60. The van der Waals surface area contributed by atoms with Crippen molar-refractivity contribution in [2.75, 3.05) is 27.8 Å². The number of likely N-dealkylation sites (N-methyl/N-ethyl adjacent to an activating group) is 1. The van der Waals surface area contributed by atoms with Crippen molar-refractivity contribution in [1.82, 2.24) is 4.90 Å². The van der Waals surface area contributed by atoms with Crippen LogP contribution in [0.4, 0.5) is 0 Å². The summed E-state index contributed by atoms with van der Waals surface area (Å²) < 4.78 is 11.4. The lowest BCUT2D eigenvalue weighted by atomic mass is 9.81. The molecule has 1 atom stereocenters. The maximum atomic E-state index is 5.75. The second kappa shape index (κ2) is 5.57. The van der Waals surface area contributed by atoms with Crippen LogP contribution in [-0.4, -0.2) is 32.7 Å². The topological polar surface area (TPSA) is 21.7 Å². The number of rotatable bonds is 2. The Hall–Kier alpha value is -2.00. The van der Waals surface area contributed by atoms with Gasteiger partial charge >= 0.3 is 0 Å². The Bertz CT molecular complexity index is 754. The average molecular weight is 309 g/mol. The molecule has 2 aliphatic rings. The molecule has 4 rings (SSSR count). The minimum absolute atomic E-state index is 0.428. The van der Waals surface area contributed by atoms with Crippen molar-refractivity contribution >= 4 is 0 Å². The first-order chi connectivity index (χ1) is 11.2. The number of ether oxygens (including phenoxy) is 2. The monoisotopic (exact) mass is 309 g/mol. The van der Waals surface area contributed by atoms with Crippen molar-refractivity contribution in [1.29, 1.82) is 0 Å². The molecule has 1 unspecified atom stereocenters. The fraction of sp³-hybridized carbons (Fsp3) is 0.400. The summed E-state index contributed by atoms with van der Waals surface area (Å²) in [5.74, 6) is 2.21. The van der Waals surface area contributed by atoms with E-state index in [9.17, 15) is 0 Å². The van der Waals surface area contributed by atoms with Crippen LogP contribution in [0.1, 0.15) is 33.7 Å². The highest BCUT2D eigenvalue weighted by atomic mass is 16.5. The predicted molar refractivity (Wildman–Crippen MR) is 91.6 cm³/mol. The van der Waals surface area contributed by atoms with Gasteiger partial charge in [-0.2, -0.15) is 0 Å². The first-order valence-electron chi connectivity index (χ1n) is 8.26. The molecular formula is C20H23NO2. The van der Waals surface area contributed by atoms with E-state index in [4.69, 9.17) is 9.47 Å². The minimum atomic E-state index is 0.428. The zero-order valence-electron chi connectivity index (χ0n) is 14.1. The molecule has 1 aliphatic carbocycles. The summed E-state index contributed by atoms with van der Waals surface area (Å²) >= 11 is 0. The van der Waals surface area contributed by atoms with Crippen molar-refractivity contribution in [3.8, 4) is 11.5 Å². The molecular weight excluding hydrogens is 286 g/mol. The number of methoxy groups -OCH3 is 2. The molecule has 23 heavy (non-hydrogen) atoms. The Morgan fingerprint density at radius 1 is 1.04 bits per heavy atom. The van der Waals surface area contributed by atoms with Gasteiger partial charge in [-0.05, 0) is 48.2 Å². The molecule has 1 heterocycles. The molecule has 0 spiro atoms. The van der Waals surface area contributed by atoms with Crippen LogP contribution in [0.25, 0.3) is 0 Å². The molecule has 0 aromatic heterocycles. The maximum absolute atomic E-state index is 5.75. The van der Waals surface area contributed by atoms with Crippen molar-refractivity contribution < 1.29 is 9.47 Å². The highest BCUT2D eigenvalue weighted by Crippen LogP contribution is 2.46. The van der Waals surface area contributed by atoms with Crippen molar-refractivity contribution in [2.45, 2.75) is 25.3 Å². The number of hydrogen-bond acceptors (Lipinski definition) is 3. The third kappa shape index (κ3) is 2.22. The van der Waals surface area contributed by atoms with Crippen LogP contribution in [0.5, 0.6) is 11.5 Å². The molecule has 3 nitrogen and oxygen atoms in total. The summed E-state index contributed by atoms with van der Waals surface area (Å²) in [6, 6.07) is 11.1. The lowest BCUT2D eigenvalue weighted by Crippen LogP contribution is -2.31. The Morgan fingerprint density at radius 3 is 2.65 bits per heavy atom. The third-order valence-corrected chi connectivity index (χ3v) is 5.26. The molecule has 0 bridgehead atoms. The quantitative estimate of drug-likeness (QED) is 0.849. The summed E-state index contributed by atoms with van der Waals surface area (Å²) in [7, 11) is 5.68. The Kier molecular flexibility index (Phi) is 3.53. The van der Waals surface area contributed by atoms with Crippen LogP contribution in [0.2, 0.25) is 0 Å². The van der Waals surface area contributed by atoms with E-state index in [-0.39, 0.29) is 0 Å². The second-order valence-electron chi connectivity index (χ2n) is 6.61. The van der Waals surface area contributed by atoms with Crippen molar-refractivity contribution in [3.05, 3.63) is 58.1 Å². The first kappa shape index (κ1) is 14.6. The Balaban J connectivity index is 2.00. The molecule has 0 N–H and O–H groups in total. The van der Waals surface area contributed by atoms with E-state index in [0.29, 0.717) is 5.92 Å². The number of hydrogen-bond donors (Lipinski definition) is 0.